The van der Waals surface area contributed by atoms with E-state index in [0.29, 0.717) is 0 Å². The molecule has 0 atom stereocenters. The summed E-state index contributed by atoms with van der Waals surface area (Å²) < 4.78 is 0. The summed E-state index contributed by atoms with van der Waals surface area (Å²) in [6, 6.07) is 0. The van der Waals surface area contributed by atoms with Crippen molar-refractivity contribution >= 4 is 11.6 Å². The quantitative estimate of drug-likeness (QED) is 0.317. The number of halogens is 1. The largest absolute Gasteiger partial charge is 0.223 e. The molecule has 0 aliphatic carbocycles. The zero-order chi connectivity index (χ0) is 4.83. The molecule has 33 valence electrons. The highest BCUT2D eigenvalue weighted by Gasteiger charge is 1.60. The topological polar surface area (TPSA) is 19.9 Å². The van der Waals surface area contributed by atoms with Crippen LogP contribution in [0.2, 0.25) is 0 Å². The maximum absolute atomic E-state index is 9.46. The molecule has 0 rings (SSSR count). The average molecular weight is 104 g/mol. The predicted molar refractivity (Wildman–Crippen MR) is 24.0 cm³/mol. The maximum Gasteiger partial charge on any atom is 0.143 e. The first kappa shape index (κ1) is 5.81. The number of alkyl halides is 1. The monoisotopic (exact) mass is 103 g/mol. The van der Waals surface area contributed by atoms with Gasteiger partial charge >= 0.3 is 0 Å². The Bertz CT molecular complexity index is 61.4. The summed E-state index contributed by atoms with van der Waals surface area (Å²) in [4.78, 5) is 0. The van der Waals surface area contributed by atoms with Crippen molar-refractivity contribution < 1.29 is 5.11 Å². The molecular weight excluding hydrogens is 99.5 g/mol. The predicted octanol–water partition coefficient (Wildman–Crippen LogP) is 0.659. The van der Waals surface area contributed by atoms with Gasteiger partial charge in [-0.2, -0.15) is 0 Å². The molecule has 0 aromatic rings. The first-order valence-corrected chi connectivity index (χ1v) is 2.05. The van der Waals surface area contributed by atoms with E-state index in [1.54, 1.807) is 0 Å². The molecule has 0 saturated carbocycles. The van der Waals surface area contributed by atoms with Crippen LogP contribution in [0.3, 0.4) is 0 Å². The highest BCUT2D eigenvalue weighted by molar-refractivity contribution is 6.19. The van der Waals surface area contributed by atoms with Gasteiger partial charge in [0.05, 0.1) is 5.88 Å². The van der Waals surface area contributed by atoms with Crippen LogP contribution in [0.25, 0.3) is 0 Å². The summed E-state index contributed by atoms with van der Waals surface area (Å²) in [5.74, 6) is 4.93. The van der Waals surface area contributed by atoms with Crippen molar-refractivity contribution in [1.29, 1.82) is 0 Å². The highest BCUT2D eigenvalue weighted by atomic mass is 35.5. The Morgan fingerprint density at radius 2 is 2.17 bits per heavy atom. The van der Waals surface area contributed by atoms with Gasteiger partial charge in [-0.3, -0.25) is 0 Å². The third-order valence-corrected chi connectivity index (χ3v) is 0.398. The molecule has 6 heavy (non-hydrogen) atoms. The van der Waals surface area contributed by atoms with Gasteiger partial charge in [-0.15, -0.1) is 11.6 Å². The Balaban J connectivity index is 2.90. The molecule has 1 nitrogen and oxygen atoms in total. The van der Waals surface area contributed by atoms with Gasteiger partial charge in [0.1, 0.15) is 6.61 Å². The van der Waals surface area contributed by atoms with Crippen molar-refractivity contribution in [3.8, 4) is 11.8 Å². The second kappa shape index (κ2) is 4.81. The fraction of sp³-hybridized carbons (Fsp3) is 0.500. The zero-order valence-electron chi connectivity index (χ0n) is 3.20. The van der Waals surface area contributed by atoms with E-state index in [9.17, 15) is 5.11 Å². The zero-order valence-corrected chi connectivity index (χ0v) is 3.96. The van der Waals surface area contributed by atoms with Crippen LogP contribution < -0.4 is 0 Å². The maximum atomic E-state index is 9.46. The molecule has 0 aromatic carbocycles. The summed E-state index contributed by atoms with van der Waals surface area (Å²) in [6.45, 7) is -0.341. The standard InChI is InChI=1S/C4H4ClO/c5-3-1-2-4-6/h3-4H2. The van der Waals surface area contributed by atoms with Gasteiger partial charge in [0.2, 0.25) is 0 Å². The molecule has 1 radical (unpaired) electrons. The highest BCUT2D eigenvalue weighted by Crippen LogP contribution is 1.65. The van der Waals surface area contributed by atoms with Crippen LogP contribution in [-0.2, 0) is 5.11 Å². The van der Waals surface area contributed by atoms with Crippen molar-refractivity contribution in [2.75, 3.05) is 12.5 Å². The molecule has 0 aliphatic heterocycles. The van der Waals surface area contributed by atoms with Crippen LogP contribution in [0.1, 0.15) is 0 Å². The van der Waals surface area contributed by atoms with Gasteiger partial charge in [-0.05, 0) is 0 Å². The normalized spacial score (nSPS) is 6.33. The summed E-state index contributed by atoms with van der Waals surface area (Å²) in [5, 5.41) is 9.46. The lowest BCUT2D eigenvalue weighted by atomic mass is 10.6. The molecule has 0 amide bonds. The third-order valence-electron chi connectivity index (χ3n) is 0.264. The summed E-state index contributed by atoms with van der Waals surface area (Å²) >= 11 is 5.07. The van der Waals surface area contributed by atoms with Crippen molar-refractivity contribution in [2.24, 2.45) is 0 Å². The van der Waals surface area contributed by atoms with Crippen LogP contribution in [-0.4, -0.2) is 12.5 Å². The first-order chi connectivity index (χ1) is 2.91. The van der Waals surface area contributed by atoms with Crippen molar-refractivity contribution in [2.45, 2.75) is 0 Å². The van der Waals surface area contributed by atoms with Gasteiger partial charge in [0.15, 0.2) is 0 Å². The van der Waals surface area contributed by atoms with Crippen LogP contribution in [0, 0.1) is 11.8 Å². The lowest BCUT2D eigenvalue weighted by molar-refractivity contribution is 0.239. The fourth-order valence-corrected chi connectivity index (χ4v) is 0.193. The van der Waals surface area contributed by atoms with Crippen molar-refractivity contribution in [3.05, 3.63) is 0 Å². The van der Waals surface area contributed by atoms with Gasteiger partial charge < -0.3 is 0 Å². The molecule has 0 heterocycles. The Morgan fingerprint density at radius 1 is 1.50 bits per heavy atom. The SMILES string of the molecule is [O]CC#CCCl. The van der Waals surface area contributed by atoms with Crippen LogP contribution in [0.4, 0.5) is 0 Å². The first-order valence-electron chi connectivity index (χ1n) is 1.51. The van der Waals surface area contributed by atoms with Crippen LogP contribution in [0.15, 0.2) is 0 Å². The minimum absolute atomic E-state index is 0.266. The Labute approximate surface area is 41.9 Å². The Hall–Kier alpha value is -0.190. The molecule has 0 N–H and O–H groups in total. The second-order valence-electron chi connectivity index (χ2n) is 0.632. The average Bonchev–Trinajstić information content (AvgIpc) is 1.61. The van der Waals surface area contributed by atoms with Crippen molar-refractivity contribution in [3.63, 3.8) is 0 Å². The molecule has 0 unspecified atom stereocenters. The number of rotatable bonds is 0. The lowest BCUT2D eigenvalue weighted by Gasteiger charge is -1.62. The third kappa shape index (κ3) is 3.81. The summed E-state index contributed by atoms with van der Waals surface area (Å²) in [6.07, 6.45) is 0. The van der Waals surface area contributed by atoms with Gasteiger partial charge in [-0.25, -0.2) is 5.11 Å². The van der Waals surface area contributed by atoms with E-state index in [1.165, 1.54) is 0 Å². The molecule has 0 aliphatic rings. The lowest BCUT2D eigenvalue weighted by Crippen LogP contribution is -1.67. The Morgan fingerprint density at radius 3 is 2.33 bits per heavy atom. The van der Waals surface area contributed by atoms with E-state index >= 15 is 0 Å². The van der Waals surface area contributed by atoms with Gasteiger partial charge in [0.25, 0.3) is 0 Å². The van der Waals surface area contributed by atoms with Gasteiger partial charge in [-0.1, -0.05) is 11.8 Å². The van der Waals surface area contributed by atoms with E-state index < -0.39 is 0 Å². The van der Waals surface area contributed by atoms with Crippen LogP contribution >= 0.6 is 11.6 Å². The molecule has 0 aromatic heterocycles. The van der Waals surface area contributed by atoms with E-state index in [4.69, 9.17) is 11.6 Å². The second-order valence-corrected chi connectivity index (χ2v) is 0.899. The minimum Gasteiger partial charge on any atom is -0.223 e. The molecule has 2 heteroatoms. The minimum atomic E-state index is -0.341. The van der Waals surface area contributed by atoms with Crippen molar-refractivity contribution in [1.82, 2.24) is 0 Å². The van der Waals surface area contributed by atoms with E-state index in [1.807, 2.05) is 0 Å². The fourth-order valence-electron chi connectivity index (χ4n) is 0.0983. The van der Waals surface area contributed by atoms with E-state index in [0.717, 1.165) is 0 Å². The summed E-state index contributed by atoms with van der Waals surface area (Å²) in [5.41, 5.74) is 0. The van der Waals surface area contributed by atoms with Gasteiger partial charge in [0, 0.05) is 0 Å². The summed E-state index contributed by atoms with van der Waals surface area (Å²) in [7, 11) is 0. The van der Waals surface area contributed by atoms with E-state index in [2.05, 4.69) is 11.8 Å². The smallest absolute Gasteiger partial charge is 0.143 e. The van der Waals surface area contributed by atoms with Crippen LogP contribution in [0.5, 0.6) is 0 Å². The molecule has 0 saturated heterocycles. The Kier molecular flexibility index (Phi) is 4.66. The molecule has 0 spiro atoms. The molecule has 0 bridgehead atoms. The van der Waals surface area contributed by atoms with E-state index in [-0.39, 0.29) is 12.5 Å². The molecule has 0 fully saturated rings. The number of hydrogen-bond acceptors (Lipinski definition) is 0. The molecular formula is C4H4ClO. The number of hydrogen-bond donors (Lipinski definition) is 0.